The van der Waals surface area contributed by atoms with Gasteiger partial charge >= 0.3 is 0 Å². The molecule has 0 fully saturated rings. The van der Waals surface area contributed by atoms with E-state index in [0.29, 0.717) is 0 Å². The Morgan fingerprint density at radius 2 is 2.09 bits per heavy atom. The molecule has 11 heavy (non-hydrogen) atoms. The lowest BCUT2D eigenvalue weighted by Crippen LogP contribution is -1.82. The van der Waals surface area contributed by atoms with Gasteiger partial charge < -0.3 is 5.73 Å². The first-order valence-corrected chi connectivity index (χ1v) is 3.46. The van der Waals surface area contributed by atoms with E-state index in [0.717, 1.165) is 5.02 Å². The van der Waals surface area contributed by atoms with E-state index in [1.54, 1.807) is 0 Å². The van der Waals surface area contributed by atoms with Gasteiger partial charge in [0.15, 0.2) is 0 Å². The molecule has 0 atom stereocenters. The fraction of sp³-hybridized carbons (Fsp3) is 0.125. The van der Waals surface area contributed by atoms with Gasteiger partial charge in [-0.15, -0.1) is 0 Å². The van der Waals surface area contributed by atoms with Gasteiger partial charge in [0.05, 0.1) is 0 Å². The van der Waals surface area contributed by atoms with Crippen LogP contribution in [-0.2, 0) is 4.79 Å². The van der Waals surface area contributed by atoms with Gasteiger partial charge in [-0.05, 0) is 24.6 Å². The normalized spacial score (nSPS) is 7.82. The Hall–Kier alpha value is -1.02. The number of primary amides is 1. The summed E-state index contributed by atoms with van der Waals surface area (Å²) in [4.78, 5) is 8.58. The molecular weight excluding hydrogens is 162 g/mol. The maximum absolute atomic E-state index is 8.58. The fourth-order valence-electron chi connectivity index (χ4n) is 0.606. The standard InChI is InChI=1S/C7H7Cl.CH3NO/c1-6-3-2-4-7(8)5-6;2-1-3/h2-5H,1H3;1H,(H2,2,3). The minimum absolute atomic E-state index is 0.250. The first kappa shape index (κ1) is 9.98. The number of benzene rings is 1. The van der Waals surface area contributed by atoms with Crippen molar-refractivity contribution >= 4 is 18.0 Å². The first-order chi connectivity index (χ1) is 5.20. The number of carbonyl (C=O) groups is 1. The quantitative estimate of drug-likeness (QED) is 0.594. The topological polar surface area (TPSA) is 43.1 Å². The average molecular weight is 172 g/mol. The number of aryl methyl sites for hydroxylation is 1. The highest BCUT2D eigenvalue weighted by molar-refractivity contribution is 6.30. The molecule has 0 radical (unpaired) electrons. The second kappa shape index (κ2) is 5.74. The van der Waals surface area contributed by atoms with Crippen molar-refractivity contribution in [3.8, 4) is 0 Å². The fourth-order valence-corrected chi connectivity index (χ4v) is 0.850. The summed E-state index contributed by atoms with van der Waals surface area (Å²) in [6, 6.07) is 7.76. The van der Waals surface area contributed by atoms with E-state index >= 15 is 0 Å². The minimum Gasteiger partial charge on any atom is -0.372 e. The molecule has 0 heterocycles. The molecule has 0 aliphatic carbocycles. The van der Waals surface area contributed by atoms with Gasteiger partial charge in [-0.2, -0.15) is 0 Å². The van der Waals surface area contributed by atoms with Crippen LogP contribution in [0.3, 0.4) is 0 Å². The number of rotatable bonds is 0. The lowest BCUT2D eigenvalue weighted by Gasteiger charge is -1.88. The Balaban J connectivity index is 0.000000292. The van der Waals surface area contributed by atoms with Crippen LogP contribution in [0.25, 0.3) is 0 Å². The summed E-state index contributed by atoms with van der Waals surface area (Å²) in [5, 5.41) is 0.810. The summed E-state index contributed by atoms with van der Waals surface area (Å²) in [5.41, 5.74) is 5.37. The molecule has 1 rings (SSSR count). The van der Waals surface area contributed by atoms with Crippen molar-refractivity contribution in [1.82, 2.24) is 0 Å². The number of carbonyl (C=O) groups excluding carboxylic acids is 1. The van der Waals surface area contributed by atoms with Crippen molar-refractivity contribution < 1.29 is 4.79 Å². The molecular formula is C8H10ClNO. The molecule has 0 spiro atoms. The Morgan fingerprint density at radius 1 is 1.55 bits per heavy atom. The summed E-state index contributed by atoms with van der Waals surface area (Å²) in [6.07, 6.45) is 0.250. The SMILES string of the molecule is Cc1cccc(Cl)c1.NC=O. The number of amides is 1. The predicted octanol–water partition coefficient (Wildman–Crippen LogP) is 1.75. The van der Waals surface area contributed by atoms with Gasteiger partial charge in [-0.3, -0.25) is 4.79 Å². The van der Waals surface area contributed by atoms with E-state index in [9.17, 15) is 0 Å². The molecule has 0 aromatic heterocycles. The lowest BCUT2D eigenvalue weighted by atomic mass is 10.2. The van der Waals surface area contributed by atoms with E-state index in [1.807, 2.05) is 31.2 Å². The van der Waals surface area contributed by atoms with E-state index in [2.05, 4.69) is 5.73 Å². The van der Waals surface area contributed by atoms with Gasteiger partial charge in [0.1, 0.15) is 0 Å². The highest BCUT2D eigenvalue weighted by Gasteiger charge is 1.82. The highest BCUT2D eigenvalue weighted by atomic mass is 35.5. The first-order valence-electron chi connectivity index (χ1n) is 3.08. The number of nitrogens with two attached hydrogens (primary N) is 1. The van der Waals surface area contributed by atoms with Crippen LogP contribution in [0.2, 0.25) is 5.02 Å². The molecule has 1 amide bonds. The second-order valence-corrected chi connectivity index (χ2v) is 2.37. The highest BCUT2D eigenvalue weighted by Crippen LogP contribution is 2.08. The molecule has 1 aromatic carbocycles. The molecule has 0 saturated carbocycles. The van der Waals surface area contributed by atoms with Crippen LogP contribution in [0.1, 0.15) is 5.56 Å². The number of hydrogen-bond acceptors (Lipinski definition) is 1. The Kier molecular flexibility index (Phi) is 5.21. The van der Waals surface area contributed by atoms with Crippen LogP contribution in [0.5, 0.6) is 0 Å². The minimum atomic E-state index is 0.250. The molecule has 0 aliphatic rings. The third-order valence-corrected chi connectivity index (χ3v) is 1.22. The lowest BCUT2D eigenvalue weighted by molar-refractivity contribution is -0.106. The summed E-state index contributed by atoms with van der Waals surface area (Å²) < 4.78 is 0. The van der Waals surface area contributed by atoms with Crippen LogP contribution < -0.4 is 5.73 Å². The van der Waals surface area contributed by atoms with Crippen molar-refractivity contribution in [2.24, 2.45) is 5.73 Å². The predicted molar refractivity (Wildman–Crippen MR) is 46.4 cm³/mol. The van der Waals surface area contributed by atoms with Crippen molar-refractivity contribution in [2.45, 2.75) is 6.92 Å². The molecule has 2 nitrogen and oxygen atoms in total. The van der Waals surface area contributed by atoms with Gasteiger partial charge in [-0.25, -0.2) is 0 Å². The zero-order valence-electron chi connectivity index (χ0n) is 6.25. The molecule has 0 unspecified atom stereocenters. The average Bonchev–Trinajstić information content (AvgIpc) is 1.88. The van der Waals surface area contributed by atoms with Crippen molar-refractivity contribution in [3.63, 3.8) is 0 Å². The van der Waals surface area contributed by atoms with Crippen LogP contribution in [0.15, 0.2) is 24.3 Å². The summed E-state index contributed by atoms with van der Waals surface area (Å²) >= 11 is 5.64. The van der Waals surface area contributed by atoms with Crippen molar-refractivity contribution in [3.05, 3.63) is 34.9 Å². The molecule has 0 saturated heterocycles. The smallest absolute Gasteiger partial charge is 0.204 e. The monoisotopic (exact) mass is 171 g/mol. The Bertz CT molecular complexity index is 208. The van der Waals surface area contributed by atoms with E-state index in [1.165, 1.54) is 5.56 Å². The molecule has 0 aliphatic heterocycles. The summed E-state index contributed by atoms with van der Waals surface area (Å²) in [7, 11) is 0. The summed E-state index contributed by atoms with van der Waals surface area (Å²) in [6.45, 7) is 2.02. The third-order valence-electron chi connectivity index (χ3n) is 0.980. The Labute approximate surface area is 71.0 Å². The molecule has 0 bridgehead atoms. The van der Waals surface area contributed by atoms with Crippen molar-refractivity contribution in [1.29, 1.82) is 0 Å². The van der Waals surface area contributed by atoms with Gasteiger partial charge in [0.25, 0.3) is 0 Å². The number of halogens is 1. The maximum Gasteiger partial charge on any atom is 0.204 e. The zero-order valence-corrected chi connectivity index (χ0v) is 7.01. The molecule has 2 N–H and O–H groups in total. The van der Waals surface area contributed by atoms with Gasteiger partial charge in [-0.1, -0.05) is 23.7 Å². The summed E-state index contributed by atoms with van der Waals surface area (Å²) in [5.74, 6) is 0. The van der Waals surface area contributed by atoms with E-state index < -0.39 is 0 Å². The van der Waals surface area contributed by atoms with Gasteiger partial charge in [0, 0.05) is 5.02 Å². The zero-order chi connectivity index (χ0) is 8.69. The van der Waals surface area contributed by atoms with Crippen LogP contribution in [0.4, 0.5) is 0 Å². The molecule has 3 heteroatoms. The van der Waals surface area contributed by atoms with Crippen LogP contribution >= 0.6 is 11.6 Å². The van der Waals surface area contributed by atoms with Gasteiger partial charge in [0.2, 0.25) is 6.41 Å². The largest absolute Gasteiger partial charge is 0.372 e. The maximum atomic E-state index is 8.58. The molecule has 1 aromatic rings. The second-order valence-electron chi connectivity index (χ2n) is 1.94. The van der Waals surface area contributed by atoms with E-state index in [-0.39, 0.29) is 6.41 Å². The van der Waals surface area contributed by atoms with Crippen LogP contribution in [-0.4, -0.2) is 6.41 Å². The van der Waals surface area contributed by atoms with Crippen molar-refractivity contribution in [2.75, 3.05) is 0 Å². The molecule has 60 valence electrons. The Morgan fingerprint density at radius 3 is 2.36 bits per heavy atom. The van der Waals surface area contributed by atoms with Crippen LogP contribution in [0, 0.1) is 6.92 Å². The van der Waals surface area contributed by atoms with E-state index in [4.69, 9.17) is 16.4 Å². The third kappa shape index (κ3) is 5.43. The number of hydrogen-bond donors (Lipinski definition) is 1.